The van der Waals surface area contributed by atoms with Crippen molar-refractivity contribution in [2.24, 2.45) is 0 Å². The maximum Gasteiger partial charge on any atom is 0.200 e. The van der Waals surface area contributed by atoms with E-state index in [1.165, 1.54) is 12.1 Å². The summed E-state index contributed by atoms with van der Waals surface area (Å²) in [5.41, 5.74) is 2.96. The van der Waals surface area contributed by atoms with Crippen molar-refractivity contribution >= 4 is 21.8 Å². The third-order valence-electron chi connectivity index (χ3n) is 6.01. The molecule has 0 spiro atoms. The number of halogens is 5. The normalized spacial score (nSPS) is 11.4. The fourth-order valence-corrected chi connectivity index (χ4v) is 4.59. The van der Waals surface area contributed by atoms with E-state index in [2.05, 4.69) is 6.07 Å². The summed E-state index contributed by atoms with van der Waals surface area (Å²) < 4.78 is 72.0. The van der Waals surface area contributed by atoms with Gasteiger partial charge in [-0.2, -0.15) is 5.26 Å². The molecule has 0 aliphatic rings. The number of nitriles is 1. The number of nitrogens with zero attached hydrogens (tertiary/aromatic N) is 2. The maximum absolute atomic E-state index is 14.5. The van der Waals surface area contributed by atoms with Crippen LogP contribution in [0.5, 0.6) is 0 Å². The molecule has 0 radical (unpaired) electrons. The number of hydrogen-bond acceptors (Lipinski definition) is 1. The van der Waals surface area contributed by atoms with Crippen LogP contribution in [0, 0.1) is 54.3 Å². The van der Waals surface area contributed by atoms with Gasteiger partial charge in [0.1, 0.15) is 0 Å². The molecule has 5 rings (SSSR count). The van der Waals surface area contributed by atoms with Crippen LogP contribution in [-0.4, -0.2) is 4.57 Å². The Kier molecular flexibility index (Phi) is 4.90. The lowest BCUT2D eigenvalue weighted by molar-refractivity contribution is 0.381. The molecule has 168 valence electrons. The number of benzene rings is 4. The first kappa shape index (κ1) is 21.7. The SMILES string of the molecule is Cc1cc(-c2c(F)c(F)c(F)c(F)c2F)cc(C)c1-n1c2ccccc2c2cc(C#N)ccc21. The van der Waals surface area contributed by atoms with Crippen LogP contribution in [0.15, 0.2) is 54.6 Å². The monoisotopic (exact) mass is 462 g/mol. The topological polar surface area (TPSA) is 28.7 Å². The highest BCUT2D eigenvalue weighted by atomic mass is 19.2. The van der Waals surface area contributed by atoms with Crippen molar-refractivity contribution in [1.29, 1.82) is 5.26 Å². The number of aromatic nitrogens is 1. The van der Waals surface area contributed by atoms with E-state index in [9.17, 15) is 27.2 Å². The smallest absolute Gasteiger partial charge is 0.200 e. The van der Waals surface area contributed by atoms with Gasteiger partial charge in [-0.1, -0.05) is 18.2 Å². The minimum absolute atomic E-state index is 0.112. The molecule has 0 N–H and O–H groups in total. The molecular formula is C27H15F5N2. The Morgan fingerprint density at radius 3 is 1.85 bits per heavy atom. The highest BCUT2D eigenvalue weighted by Gasteiger charge is 2.27. The highest BCUT2D eigenvalue weighted by molar-refractivity contribution is 6.09. The van der Waals surface area contributed by atoms with Crippen LogP contribution in [0.25, 0.3) is 38.6 Å². The summed E-state index contributed by atoms with van der Waals surface area (Å²) in [6.07, 6.45) is 0. The average molecular weight is 462 g/mol. The number of hydrogen-bond donors (Lipinski definition) is 0. The molecule has 4 aromatic carbocycles. The molecule has 1 aromatic heterocycles. The lowest BCUT2D eigenvalue weighted by atomic mass is 9.97. The van der Waals surface area contributed by atoms with Crippen LogP contribution >= 0.6 is 0 Å². The molecular weight excluding hydrogens is 447 g/mol. The molecule has 0 atom stereocenters. The van der Waals surface area contributed by atoms with Crippen molar-refractivity contribution in [2.45, 2.75) is 13.8 Å². The Hall–Kier alpha value is -4.18. The van der Waals surface area contributed by atoms with Gasteiger partial charge < -0.3 is 4.57 Å². The van der Waals surface area contributed by atoms with Gasteiger partial charge in [0.2, 0.25) is 5.82 Å². The van der Waals surface area contributed by atoms with E-state index in [4.69, 9.17) is 0 Å². The summed E-state index contributed by atoms with van der Waals surface area (Å²) in [7, 11) is 0. The maximum atomic E-state index is 14.5. The quantitative estimate of drug-likeness (QED) is 0.151. The molecule has 34 heavy (non-hydrogen) atoms. The molecule has 7 heteroatoms. The van der Waals surface area contributed by atoms with Gasteiger partial charge in [-0.3, -0.25) is 0 Å². The minimum Gasteiger partial charge on any atom is -0.309 e. The van der Waals surface area contributed by atoms with E-state index in [1.807, 2.05) is 34.9 Å². The third kappa shape index (κ3) is 2.99. The second-order valence-electron chi connectivity index (χ2n) is 8.10. The van der Waals surface area contributed by atoms with Crippen molar-refractivity contribution in [3.05, 3.63) is 100 Å². The molecule has 1 heterocycles. The zero-order valence-electron chi connectivity index (χ0n) is 18.0. The summed E-state index contributed by atoms with van der Waals surface area (Å²) in [5, 5.41) is 11.1. The van der Waals surface area contributed by atoms with Gasteiger partial charge in [-0.15, -0.1) is 0 Å². The van der Waals surface area contributed by atoms with E-state index in [0.717, 1.165) is 21.8 Å². The van der Waals surface area contributed by atoms with Gasteiger partial charge in [-0.25, -0.2) is 22.0 Å². The first-order chi connectivity index (χ1) is 16.2. The van der Waals surface area contributed by atoms with Crippen LogP contribution in [0.1, 0.15) is 16.7 Å². The summed E-state index contributed by atoms with van der Waals surface area (Å²) in [6.45, 7) is 3.42. The van der Waals surface area contributed by atoms with Crippen LogP contribution in [0.4, 0.5) is 22.0 Å². The van der Waals surface area contributed by atoms with Crippen LogP contribution < -0.4 is 0 Å². The van der Waals surface area contributed by atoms with Gasteiger partial charge in [-0.05, 0) is 66.9 Å². The molecule has 0 unspecified atom stereocenters. The predicted octanol–water partition coefficient (Wildman–Crippen LogP) is 7.63. The van der Waals surface area contributed by atoms with E-state index in [1.54, 1.807) is 26.0 Å². The second kappa shape index (κ2) is 7.70. The highest BCUT2D eigenvalue weighted by Crippen LogP contribution is 2.38. The molecule has 0 amide bonds. The zero-order chi connectivity index (χ0) is 24.3. The fourth-order valence-electron chi connectivity index (χ4n) is 4.59. The summed E-state index contributed by atoms with van der Waals surface area (Å²) >= 11 is 0. The zero-order valence-corrected chi connectivity index (χ0v) is 18.0. The number of fused-ring (bicyclic) bond motifs is 3. The Labute approximate surface area is 191 Å². The average Bonchev–Trinajstić information content (AvgIpc) is 3.15. The number of para-hydroxylation sites is 1. The van der Waals surface area contributed by atoms with E-state index >= 15 is 0 Å². The Morgan fingerprint density at radius 1 is 0.676 bits per heavy atom. The van der Waals surface area contributed by atoms with Crippen molar-refractivity contribution in [1.82, 2.24) is 4.57 Å². The molecule has 0 aliphatic carbocycles. The van der Waals surface area contributed by atoms with Crippen LogP contribution in [-0.2, 0) is 0 Å². The van der Waals surface area contributed by atoms with Crippen LogP contribution in [0.2, 0.25) is 0 Å². The van der Waals surface area contributed by atoms with E-state index in [0.29, 0.717) is 22.4 Å². The molecule has 0 bridgehead atoms. The Balaban J connectivity index is 1.82. The molecule has 0 saturated heterocycles. The number of aryl methyl sites for hydroxylation is 2. The van der Waals surface area contributed by atoms with Gasteiger partial charge in [0.15, 0.2) is 23.3 Å². The molecule has 5 aromatic rings. The second-order valence-corrected chi connectivity index (χ2v) is 8.10. The van der Waals surface area contributed by atoms with E-state index in [-0.39, 0.29) is 5.56 Å². The predicted molar refractivity (Wildman–Crippen MR) is 120 cm³/mol. The van der Waals surface area contributed by atoms with Crippen molar-refractivity contribution < 1.29 is 22.0 Å². The lowest BCUT2D eigenvalue weighted by Crippen LogP contribution is -2.06. The third-order valence-corrected chi connectivity index (χ3v) is 6.01. The standard InChI is InChI=1S/C27H15F5N2/c1-13-9-16(21-22(28)24(30)26(32)25(31)23(21)29)10-14(2)27(13)34-19-6-4-3-5-17(19)18-11-15(12-33)7-8-20(18)34/h3-11H,1-2H3. The first-order valence-electron chi connectivity index (χ1n) is 10.3. The minimum atomic E-state index is -2.19. The lowest BCUT2D eigenvalue weighted by Gasteiger charge is -2.17. The van der Waals surface area contributed by atoms with Crippen molar-refractivity contribution in [2.75, 3.05) is 0 Å². The van der Waals surface area contributed by atoms with Crippen molar-refractivity contribution in [3.8, 4) is 22.9 Å². The summed E-state index contributed by atoms with van der Waals surface area (Å²) in [4.78, 5) is 0. The Morgan fingerprint density at radius 2 is 1.24 bits per heavy atom. The molecule has 2 nitrogen and oxygen atoms in total. The fraction of sp³-hybridized carbons (Fsp3) is 0.0741. The van der Waals surface area contributed by atoms with Crippen LogP contribution in [0.3, 0.4) is 0 Å². The molecule has 0 fully saturated rings. The molecule has 0 aliphatic heterocycles. The Bertz CT molecular complexity index is 1640. The molecule has 0 saturated carbocycles. The summed E-state index contributed by atoms with van der Waals surface area (Å²) in [5.74, 6) is -9.90. The van der Waals surface area contributed by atoms with Gasteiger partial charge in [0.25, 0.3) is 0 Å². The van der Waals surface area contributed by atoms with Gasteiger partial charge >= 0.3 is 0 Å². The van der Waals surface area contributed by atoms with E-state index < -0.39 is 34.6 Å². The van der Waals surface area contributed by atoms with Gasteiger partial charge in [0.05, 0.1) is 33.9 Å². The van der Waals surface area contributed by atoms with Crippen molar-refractivity contribution in [3.63, 3.8) is 0 Å². The summed E-state index contributed by atoms with van der Waals surface area (Å²) in [6, 6.07) is 17.9. The van der Waals surface area contributed by atoms with Gasteiger partial charge in [0, 0.05) is 10.8 Å². The largest absolute Gasteiger partial charge is 0.309 e. The first-order valence-corrected chi connectivity index (χ1v) is 10.3. The number of rotatable bonds is 2.